The van der Waals surface area contributed by atoms with E-state index in [1.54, 1.807) is 6.07 Å². The van der Waals surface area contributed by atoms with Gasteiger partial charge in [-0.25, -0.2) is 15.0 Å². The molecule has 0 aromatic carbocycles. The zero-order valence-electron chi connectivity index (χ0n) is 16.6. The molecule has 2 aromatic rings. The topological polar surface area (TPSA) is 97.4 Å². The van der Waals surface area contributed by atoms with Gasteiger partial charge in [0.25, 0.3) is 0 Å². The number of aliphatic hydroxyl groups excluding tert-OH is 1. The van der Waals surface area contributed by atoms with Crippen molar-refractivity contribution in [3.8, 4) is 11.3 Å². The first-order valence-electron chi connectivity index (χ1n) is 9.79. The van der Waals surface area contributed by atoms with Gasteiger partial charge < -0.3 is 20.5 Å². The minimum atomic E-state index is -0.219. The average molecular weight is 438 g/mol. The van der Waals surface area contributed by atoms with Crippen LogP contribution in [0.15, 0.2) is 6.07 Å². The molecule has 156 valence electrons. The second kappa shape index (κ2) is 7.87. The molecule has 7 nitrogen and oxygen atoms in total. The maximum absolute atomic E-state index is 9.98. The Kier molecular flexibility index (Phi) is 5.59. The number of nitrogens with two attached hydrogens (primary N) is 1. The van der Waals surface area contributed by atoms with Crippen LogP contribution < -0.4 is 10.6 Å². The number of piperidine rings is 1. The van der Waals surface area contributed by atoms with Gasteiger partial charge in [0.2, 0.25) is 0 Å². The van der Waals surface area contributed by atoms with E-state index in [9.17, 15) is 5.11 Å². The van der Waals surface area contributed by atoms with E-state index < -0.39 is 0 Å². The number of halogens is 2. The van der Waals surface area contributed by atoms with Gasteiger partial charge in [0, 0.05) is 18.7 Å². The molecule has 4 rings (SSSR count). The highest BCUT2D eigenvalue weighted by Gasteiger charge is 2.41. The van der Waals surface area contributed by atoms with Crippen LogP contribution in [0.4, 0.5) is 11.6 Å². The van der Waals surface area contributed by atoms with Crippen LogP contribution in [0, 0.1) is 12.3 Å². The fourth-order valence-electron chi connectivity index (χ4n) is 4.43. The summed E-state index contributed by atoms with van der Waals surface area (Å²) in [7, 11) is 0. The Balaban J connectivity index is 1.64. The summed E-state index contributed by atoms with van der Waals surface area (Å²) in [5.74, 6) is 0.972. The quantitative estimate of drug-likeness (QED) is 0.707. The zero-order chi connectivity index (χ0) is 20.8. The van der Waals surface area contributed by atoms with Gasteiger partial charge in [-0.3, -0.25) is 0 Å². The first-order valence-corrected chi connectivity index (χ1v) is 10.5. The molecule has 2 fully saturated rings. The molecular weight excluding hydrogens is 413 g/mol. The smallest absolute Gasteiger partial charge is 0.153 e. The van der Waals surface area contributed by atoms with Crippen LogP contribution in [-0.4, -0.2) is 45.9 Å². The molecule has 0 unspecified atom stereocenters. The van der Waals surface area contributed by atoms with Crippen molar-refractivity contribution in [3.63, 3.8) is 0 Å². The Bertz CT molecular complexity index is 932. The molecule has 2 aromatic heterocycles. The Labute approximate surface area is 180 Å². The van der Waals surface area contributed by atoms with Crippen LogP contribution in [0.1, 0.15) is 37.6 Å². The lowest BCUT2D eigenvalue weighted by Crippen LogP contribution is -2.41. The van der Waals surface area contributed by atoms with Crippen molar-refractivity contribution in [2.24, 2.45) is 5.41 Å². The molecule has 0 bridgehead atoms. The Morgan fingerprint density at radius 3 is 2.62 bits per heavy atom. The van der Waals surface area contributed by atoms with E-state index in [1.807, 2.05) is 6.92 Å². The number of hydrogen-bond donors (Lipinski definition) is 2. The standard InChI is InChI=1S/C20H25Cl2N5O2/c1-11-8-20(10-29-11)3-5-27(6-4-20)19-14(9-28)25-17(12(2)24-19)13-7-15(23)26-18(22)16(13)21/h7,11,28H,3-6,8-10H2,1-2H3,(H2,23,26)/t11-/m0/s1. The van der Waals surface area contributed by atoms with Crippen LogP contribution in [0.25, 0.3) is 11.3 Å². The molecule has 2 aliphatic heterocycles. The lowest BCUT2D eigenvalue weighted by atomic mass is 9.77. The van der Waals surface area contributed by atoms with Crippen molar-refractivity contribution in [1.29, 1.82) is 0 Å². The lowest BCUT2D eigenvalue weighted by molar-refractivity contribution is 0.0975. The number of nitrogens with zero attached hydrogens (tertiary/aromatic N) is 4. The van der Waals surface area contributed by atoms with Gasteiger partial charge in [-0.2, -0.15) is 0 Å². The Morgan fingerprint density at radius 2 is 2.00 bits per heavy atom. The number of pyridine rings is 1. The summed E-state index contributed by atoms with van der Waals surface area (Å²) in [6, 6.07) is 1.62. The summed E-state index contributed by atoms with van der Waals surface area (Å²) in [5, 5.41) is 10.4. The molecule has 0 aliphatic carbocycles. The van der Waals surface area contributed by atoms with E-state index in [-0.39, 0.29) is 28.0 Å². The third-order valence-electron chi connectivity index (χ3n) is 5.98. The molecule has 3 N–H and O–H groups in total. The van der Waals surface area contributed by atoms with Crippen LogP contribution in [0.5, 0.6) is 0 Å². The first kappa shape index (κ1) is 20.6. The number of aromatic nitrogens is 3. The summed E-state index contributed by atoms with van der Waals surface area (Å²) in [6.45, 7) is 6.36. The van der Waals surface area contributed by atoms with Gasteiger partial charge in [-0.05, 0) is 44.6 Å². The van der Waals surface area contributed by atoms with Gasteiger partial charge >= 0.3 is 0 Å². The van der Waals surface area contributed by atoms with Gasteiger partial charge in [0.15, 0.2) is 11.0 Å². The maximum Gasteiger partial charge on any atom is 0.153 e. The van der Waals surface area contributed by atoms with Gasteiger partial charge in [0.05, 0.1) is 35.7 Å². The third kappa shape index (κ3) is 3.89. The summed E-state index contributed by atoms with van der Waals surface area (Å²) in [5.41, 5.74) is 8.42. The fourth-order valence-corrected chi connectivity index (χ4v) is 4.82. The van der Waals surface area contributed by atoms with E-state index >= 15 is 0 Å². The highest BCUT2D eigenvalue weighted by Crippen LogP contribution is 2.43. The van der Waals surface area contributed by atoms with Crippen molar-refractivity contribution < 1.29 is 9.84 Å². The van der Waals surface area contributed by atoms with Crippen molar-refractivity contribution >= 4 is 34.8 Å². The molecule has 2 aliphatic rings. The van der Waals surface area contributed by atoms with E-state index in [0.717, 1.165) is 44.8 Å². The summed E-state index contributed by atoms with van der Waals surface area (Å²) in [6.07, 6.45) is 3.54. The fraction of sp³-hybridized carbons (Fsp3) is 0.550. The highest BCUT2D eigenvalue weighted by atomic mass is 35.5. The predicted molar refractivity (Wildman–Crippen MR) is 114 cm³/mol. The maximum atomic E-state index is 9.98. The molecule has 9 heteroatoms. The molecule has 0 saturated carbocycles. The normalized spacial score (nSPS) is 21.1. The largest absolute Gasteiger partial charge is 0.390 e. The summed E-state index contributed by atoms with van der Waals surface area (Å²) >= 11 is 12.4. The van der Waals surface area contributed by atoms with Gasteiger partial charge in [0.1, 0.15) is 11.5 Å². The number of aryl methyl sites for hydroxylation is 1. The number of aliphatic hydroxyl groups is 1. The number of anilines is 2. The lowest BCUT2D eigenvalue weighted by Gasteiger charge is -2.39. The second-order valence-electron chi connectivity index (χ2n) is 8.10. The average Bonchev–Trinajstić information content (AvgIpc) is 3.05. The predicted octanol–water partition coefficient (Wildman–Crippen LogP) is 3.62. The first-order chi connectivity index (χ1) is 13.8. The van der Waals surface area contributed by atoms with Crippen LogP contribution in [0.2, 0.25) is 10.2 Å². The number of nitrogen functional groups attached to an aromatic ring is 1. The van der Waals surface area contributed by atoms with E-state index in [0.29, 0.717) is 28.7 Å². The van der Waals surface area contributed by atoms with Crippen LogP contribution >= 0.6 is 23.2 Å². The van der Waals surface area contributed by atoms with Crippen molar-refractivity contribution in [2.45, 2.75) is 45.8 Å². The van der Waals surface area contributed by atoms with Crippen molar-refractivity contribution in [1.82, 2.24) is 15.0 Å². The van der Waals surface area contributed by atoms with Crippen LogP contribution in [-0.2, 0) is 11.3 Å². The third-order valence-corrected chi connectivity index (χ3v) is 6.73. The number of hydrogen-bond acceptors (Lipinski definition) is 7. The molecular formula is C20H25Cl2N5O2. The molecule has 1 atom stereocenters. The number of rotatable bonds is 3. The summed E-state index contributed by atoms with van der Waals surface area (Å²) < 4.78 is 5.82. The van der Waals surface area contributed by atoms with Crippen molar-refractivity contribution in [3.05, 3.63) is 27.6 Å². The molecule has 29 heavy (non-hydrogen) atoms. The zero-order valence-corrected chi connectivity index (χ0v) is 18.1. The van der Waals surface area contributed by atoms with Gasteiger partial charge in [-0.15, -0.1) is 0 Å². The van der Waals surface area contributed by atoms with E-state index in [4.69, 9.17) is 38.7 Å². The molecule has 2 saturated heterocycles. The van der Waals surface area contributed by atoms with Crippen molar-refractivity contribution in [2.75, 3.05) is 30.3 Å². The minimum Gasteiger partial charge on any atom is -0.390 e. The summed E-state index contributed by atoms with van der Waals surface area (Å²) in [4.78, 5) is 15.6. The van der Waals surface area contributed by atoms with E-state index in [2.05, 4.69) is 21.8 Å². The molecule has 0 radical (unpaired) electrons. The molecule has 4 heterocycles. The monoisotopic (exact) mass is 437 g/mol. The van der Waals surface area contributed by atoms with E-state index in [1.165, 1.54) is 0 Å². The molecule has 0 amide bonds. The molecule has 1 spiro atoms. The van der Waals surface area contributed by atoms with Crippen LogP contribution in [0.3, 0.4) is 0 Å². The highest BCUT2D eigenvalue weighted by molar-refractivity contribution is 6.43. The Hall–Kier alpha value is -1.67. The SMILES string of the molecule is Cc1nc(N2CCC3(CC2)CO[C@@H](C)C3)c(CO)nc1-c1cc(N)nc(Cl)c1Cl. The minimum absolute atomic E-state index is 0.117. The second-order valence-corrected chi connectivity index (χ2v) is 8.83. The Morgan fingerprint density at radius 1 is 1.28 bits per heavy atom. The van der Waals surface area contributed by atoms with Gasteiger partial charge in [-0.1, -0.05) is 23.2 Å². The number of ether oxygens (including phenoxy) is 1.